The lowest BCUT2D eigenvalue weighted by atomic mass is 10.1. The fraction of sp³-hybridized carbons (Fsp3) is 0.0714. The van der Waals surface area contributed by atoms with Crippen molar-refractivity contribution in [2.45, 2.75) is 0 Å². The third-order valence-corrected chi connectivity index (χ3v) is 2.26. The maximum atomic E-state index is 10.2. The van der Waals surface area contributed by atoms with Crippen molar-refractivity contribution in [3.63, 3.8) is 0 Å². The Hall–Kier alpha value is -2.09. The average molecular weight is 212 g/mol. The van der Waals surface area contributed by atoms with E-state index in [4.69, 9.17) is 4.74 Å². The number of carbonyl (C=O) groups excluding carboxylic acids is 1. The van der Waals surface area contributed by atoms with Crippen LogP contribution in [0.15, 0.2) is 54.6 Å². The summed E-state index contributed by atoms with van der Waals surface area (Å²) in [5.41, 5.74) is 2.23. The highest BCUT2D eigenvalue weighted by Crippen LogP contribution is 2.23. The summed E-state index contributed by atoms with van der Waals surface area (Å²) in [5.74, 6) is 0.716. The largest absolute Gasteiger partial charge is 0.486 e. The number of rotatable bonds is 4. The number of aldehydes is 1. The highest BCUT2D eigenvalue weighted by atomic mass is 16.5. The normalized spacial score (nSPS) is 9.75. The molecule has 0 saturated heterocycles. The Morgan fingerprint density at radius 2 is 1.69 bits per heavy atom. The Labute approximate surface area is 94.5 Å². The van der Waals surface area contributed by atoms with Gasteiger partial charge in [0.2, 0.25) is 0 Å². The minimum Gasteiger partial charge on any atom is -0.486 e. The van der Waals surface area contributed by atoms with Crippen molar-refractivity contribution in [2.24, 2.45) is 0 Å². The molecule has 0 aliphatic rings. The molecule has 2 heteroatoms. The van der Waals surface area contributed by atoms with Crippen LogP contribution < -0.4 is 4.74 Å². The fourth-order valence-electron chi connectivity index (χ4n) is 1.53. The van der Waals surface area contributed by atoms with Gasteiger partial charge < -0.3 is 4.74 Å². The topological polar surface area (TPSA) is 26.3 Å². The van der Waals surface area contributed by atoms with E-state index in [1.807, 2.05) is 54.6 Å². The lowest BCUT2D eigenvalue weighted by Crippen LogP contribution is -1.97. The third kappa shape index (κ3) is 2.48. The van der Waals surface area contributed by atoms with Crippen molar-refractivity contribution in [2.75, 3.05) is 6.61 Å². The predicted molar refractivity (Wildman–Crippen MR) is 63.4 cm³/mol. The molecular formula is C14H12O2. The average Bonchev–Trinajstić information content (AvgIpc) is 2.38. The first-order valence-corrected chi connectivity index (χ1v) is 5.12. The first-order chi connectivity index (χ1) is 7.90. The minimum atomic E-state index is 0.0955. The van der Waals surface area contributed by atoms with Gasteiger partial charge in [0.15, 0.2) is 6.29 Å². The molecule has 2 aromatic carbocycles. The second-order valence-corrected chi connectivity index (χ2v) is 3.37. The Balaban J connectivity index is 2.25. The molecular weight excluding hydrogens is 200 g/mol. The van der Waals surface area contributed by atoms with Crippen LogP contribution in [-0.4, -0.2) is 12.9 Å². The summed E-state index contributed by atoms with van der Waals surface area (Å²) >= 11 is 0. The lowest BCUT2D eigenvalue weighted by Gasteiger charge is -2.05. The molecule has 2 nitrogen and oxygen atoms in total. The van der Waals surface area contributed by atoms with Crippen LogP contribution in [0, 0.1) is 0 Å². The molecule has 80 valence electrons. The predicted octanol–water partition coefficient (Wildman–Crippen LogP) is 2.93. The van der Waals surface area contributed by atoms with E-state index in [1.54, 1.807) is 0 Å². The third-order valence-electron chi connectivity index (χ3n) is 2.26. The van der Waals surface area contributed by atoms with E-state index in [-0.39, 0.29) is 6.61 Å². The van der Waals surface area contributed by atoms with Gasteiger partial charge in [0.05, 0.1) is 0 Å². The van der Waals surface area contributed by atoms with E-state index in [0.29, 0.717) is 5.75 Å². The molecule has 0 aliphatic heterocycles. The minimum absolute atomic E-state index is 0.0955. The molecule has 2 aromatic rings. The smallest absolute Gasteiger partial charge is 0.157 e. The van der Waals surface area contributed by atoms with Gasteiger partial charge in [-0.05, 0) is 23.3 Å². The molecule has 0 N–H and O–H groups in total. The number of benzene rings is 2. The van der Waals surface area contributed by atoms with Crippen LogP contribution in [0.5, 0.6) is 5.75 Å². The number of ether oxygens (including phenoxy) is 1. The number of hydrogen-bond donors (Lipinski definition) is 0. The van der Waals surface area contributed by atoms with E-state index in [0.717, 1.165) is 17.4 Å². The first-order valence-electron chi connectivity index (χ1n) is 5.12. The fourth-order valence-corrected chi connectivity index (χ4v) is 1.53. The molecule has 0 heterocycles. The molecule has 0 amide bonds. The standard InChI is InChI=1S/C14H12O2/c15-9-10-16-14-8-4-7-13(11-14)12-5-2-1-3-6-12/h1-9,11H,10H2. The molecule has 2 rings (SSSR count). The summed E-state index contributed by atoms with van der Waals surface area (Å²) in [6, 6.07) is 17.8. The van der Waals surface area contributed by atoms with Crippen LogP contribution in [0.3, 0.4) is 0 Å². The molecule has 0 atom stereocenters. The second-order valence-electron chi connectivity index (χ2n) is 3.37. The molecule has 0 aromatic heterocycles. The van der Waals surface area contributed by atoms with Crippen LogP contribution >= 0.6 is 0 Å². The van der Waals surface area contributed by atoms with E-state index in [2.05, 4.69) is 0 Å². The van der Waals surface area contributed by atoms with Gasteiger partial charge in [0.25, 0.3) is 0 Å². The Bertz CT molecular complexity index is 463. The van der Waals surface area contributed by atoms with Crippen molar-refractivity contribution in [3.05, 3.63) is 54.6 Å². The second kappa shape index (κ2) is 5.12. The lowest BCUT2D eigenvalue weighted by molar-refractivity contribution is -0.109. The molecule has 0 spiro atoms. The zero-order valence-corrected chi connectivity index (χ0v) is 8.80. The quantitative estimate of drug-likeness (QED) is 0.728. The van der Waals surface area contributed by atoms with Gasteiger partial charge in [-0.2, -0.15) is 0 Å². The maximum Gasteiger partial charge on any atom is 0.157 e. The van der Waals surface area contributed by atoms with Crippen LogP contribution in [0.1, 0.15) is 0 Å². The molecule has 0 unspecified atom stereocenters. The van der Waals surface area contributed by atoms with Crippen molar-refractivity contribution >= 4 is 6.29 Å². The Morgan fingerprint density at radius 1 is 0.938 bits per heavy atom. The molecule has 0 saturated carbocycles. The summed E-state index contributed by atoms with van der Waals surface area (Å²) in [5, 5.41) is 0. The van der Waals surface area contributed by atoms with Crippen LogP contribution in [0.4, 0.5) is 0 Å². The molecule has 0 aliphatic carbocycles. The molecule has 0 radical (unpaired) electrons. The molecule has 16 heavy (non-hydrogen) atoms. The highest BCUT2D eigenvalue weighted by Gasteiger charge is 1.98. The van der Waals surface area contributed by atoms with Crippen molar-refractivity contribution in [1.29, 1.82) is 0 Å². The monoisotopic (exact) mass is 212 g/mol. The van der Waals surface area contributed by atoms with Crippen molar-refractivity contribution in [1.82, 2.24) is 0 Å². The number of carbonyl (C=O) groups is 1. The van der Waals surface area contributed by atoms with Crippen LogP contribution in [0.2, 0.25) is 0 Å². The molecule has 0 bridgehead atoms. The van der Waals surface area contributed by atoms with Crippen molar-refractivity contribution < 1.29 is 9.53 Å². The maximum absolute atomic E-state index is 10.2. The zero-order chi connectivity index (χ0) is 11.2. The Kier molecular flexibility index (Phi) is 3.34. The zero-order valence-electron chi connectivity index (χ0n) is 8.80. The number of hydrogen-bond acceptors (Lipinski definition) is 2. The summed E-state index contributed by atoms with van der Waals surface area (Å²) in [6.07, 6.45) is 0.745. The van der Waals surface area contributed by atoms with Crippen LogP contribution in [0.25, 0.3) is 11.1 Å². The summed E-state index contributed by atoms with van der Waals surface area (Å²) < 4.78 is 5.25. The van der Waals surface area contributed by atoms with Gasteiger partial charge in [-0.1, -0.05) is 42.5 Å². The summed E-state index contributed by atoms with van der Waals surface area (Å²) in [7, 11) is 0. The van der Waals surface area contributed by atoms with E-state index >= 15 is 0 Å². The SMILES string of the molecule is O=CCOc1cccc(-c2ccccc2)c1. The van der Waals surface area contributed by atoms with Gasteiger partial charge in [-0.3, -0.25) is 4.79 Å². The van der Waals surface area contributed by atoms with Gasteiger partial charge in [0, 0.05) is 0 Å². The summed E-state index contributed by atoms with van der Waals surface area (Å²) in [6.45, 7) is 0.0955. The van der Waals surface area contributed by atoms with Crippen LogP contribution in [-0.2, 0) is 4.79 Å². The highest BCUT2D eigenvalue weighted by molar-refractivity contribution is 5.65. The first kappa shape index (κ1) is 10.4. The van der Waals surface area contributed by atoms with E-state index in [9.17, 15) is 4.79 Å². The Morgan fingerprint density at radius 3 is 2.44 bits per heavy atom. The van der Waals surface area contributed by atoms with Crippen molar-refractivity contribution in [3.8, 4) is 16.9 Å². The van der Waals surface area contributed by atoms with Gasteiger partial charge >= 0.3 is 0 Å². The summed E-state index contributed by atoms with van der Waals surface area (Å²) in [4.78, 5) is 10.2. The van der Waals surface area contributed by atoms with E-state index < -0.39 is 0 Å². The van der Waals surface area contributed by atoms with E-state index in [1.165, 1.54) is 0 Å². The molecule has 0 fully saturated rings. The van der Waals surface area contributed by atoms with Gasteiger partial charge in [0.1, 0.15) is 12.4 Å². The van der Waals surface area contributed by atoms with Gasteiger partial charge in [-0.15, -0.1) is 0 Å². The van der Waals surface area contributed by atoms with Gasteiger partial charge in [-0.25, -0.2) is 0 Å².